The molecule has 0 aromatic carbocycles. The predicted molar refractivity (Wildman–Crippen MR) is 108 cm³/mol. The molecule has 4 atom stereocenters. The number of nitrogens with zero attached hydrogens (tertiary/aromatic N) is 4. The van der Waals surface area contributed by atoms with E-state index in [2.05, 4.69) is 26.1 Å². The van der Waals surface area contributed by atoms with Gasteiger partial charge in [-0.2, -0.15) is 0 Å². The number of allylic oxidation sites excluding steroid dienone is 1. The number of aromatic nitrogens is 4. The van der Waals surface area contributed by atoms with Gasteiger partial charge in [-0.3, -0.25) is 9.09 Å². The van der Waals surface area contributed by atoms with E-state index in [0.29, 0.717) is 16.3 Å². The minimum Gasteiger partial charge on any atom is -0.387 e. The van der Waals surface area contributed by atoms with Crippen molar-refractivity contribution in [2.75, 3.05) is 18.1 Å². The van der Waals surface area contributed by atoms with Crippen LogP contribution in [-0.4, -0.2) is 70.2 Å². The molecule has 2 aromatic heterocycles. The number of aliphatic hydroxyl groups excluding tert-OH is 2. The molecule has 1 fully saturated rings. The van der Waals surface area contributed by atoms with Gasteiger partial charge in [0.05, 0.1) is 12.9 Å². The molecule has 30 heavy (non-hydrogen) atoms. The van der Waals surface area contributed by atoms with E-state index in [-0.39, 0.29) is 5.82 Å². The highest BCUT2D eigenvalue weighted by molar-refractivity contribution is 7.99. The molecular formula is C16H24N5O7PS. The molecule has 0 saturated carbocycles. The first-order chi connectivity index (χ1) is 14.1. The van der Waals surface area contributed by atoms with Gasteiger partial charge in [-0.25, -0.2) is 19.5 Å². The van der Waals surface area contributed by atoms with Crippen LogP contribution in [0.2, 0.25) is 0 Å². The molecule has 0 radical (unpaired) electrons. The molecule has 3 rings (SSSR count). The molecule has 3 heterocycles. The van der Waals surface area contributed by atoms with Gasteiger partial charge in [0.15, 0.2) is 22.8 Å². The molecule has 1 aliphatic rings. The summed E-state index contributed by atoms with van der Waals surface area (Å²) in [5.74, 6) is 0.921. The smallest absolute Gasteiger partial charge is 0.387 e. The number of rotatable bonds is 9. The number of hydrogen-bond acceptors (Lipinski definition) is 10. The van der Waals surface area contributed by atoms with Crippen molar-refractivity contribution in [3.63, 3.8) is 0 Å². The Morgan fingerprint density at radius 2 is 2.13 bits per heavy atom. The van der Waals surface area contributed by atoms with E-state index in [1.54, 1.807) is 0 Å². The summed E-state index contributed by atoms with van der Waals surface area (Å²) in [6.45, 7) is 5.22. The van der Waals surface area contributed by atoms with Crippen molar-refractivity contribution in [3.8, 4) is 0 Å². The number of fused-ring (bicyclic) bond motifs is 1. The molecule has 0 spiro atoms. The lowest BCUT2D eigenvalue weighted by Crippen LogP contribution is -2.33. The van der Waals surface area contributed by atoms with Crippen LogP contribution >= 0.6 is 19.6 Å². The molecule has 12 nitrogen and oxygen atoms in total. The van der Waals surface area contributed by atoms with Crippen molar-refractivity contribution in [1.82, 2.24) is 19.5 Å². The zero-order chi connectivity index (χ0) is 22.1. The highest BCUT2D eigenvalue weighted by Gasteiger charge is 2.45. The van der Waals surface area contributed by atoms with E-state index in [0.717, 1.165) is 24.2 Å². The molecule has 166 valence electrons. The molecule has 0 amide bonds. The Morgan fingerprint density at radius 1 is 1.40 bits per heavy atom. The third kappa shape index (κ3) is 5.37. The Balaban J connectivity index is 1.79. The maximum absolute atomic E-state index is 10.9. The number of anilines is 1. The van der Waals surface area contributed by atoms with Crippen LogP contribution in [0.15, 0.2) is 23.6 Å². The summed E-state index contributed by atoms with van der Waals surface area (Å²) in [6, 6.07) is 0. The van der Waals surface area contributed by atoms with Crippen LogP contribution in [0, 0.1) is 0 Å². The highest BCUT2D eigenvalue weighted by Crippen LogP contribution is 2.39. The largest absolute Gasteiger partial charge is 0.469 e. The number of hydrogen-bond donors (Lipinski definition) is 5. The number of imidazole rings is 1. The van der Waals surface area contributed by atoms with Gasteiger partial charge in [0.1, 0.15) is 23.8 Å². The van der Waals surface area contributed by atoms with Gasteiger partial charge in [-0.15, -0.1) is 6.58 Å². The maximum atomic E-state index is 10.9. The second-order valence-corrected chi connectivity index (χ2v) is 9.26. The zero-order valence-electron chi connectivity index (χ0n) is 16.2. The van der Waals surface area contributed by atoms with Gasteiger partial charge in [0.2, 0.25) is 0 Å². The van der Waals surface area contributed by atoms with Crippen LogP contribution in [0.5, 0.6) is 0 Å². The Morgan fingerprint density at radius 3 is 2.80 bits per heavy atom. The molecule has 0 aliphatic carbocycles. The van der Waals surface area contributed by atoms with Gasteiger partial charge in [-0.1, -0.05) is 17.3 Å². The number of phosphoric acid groups is 1. The molecule has 14 heteroatoms. The number of aliphatic hydroxyl groups is 2. The first kappa shape index (κ1) is 23.1. The van der Waals surface area contributed by atoms with Crippen molar-refractivity contribution in [1.29, 1.82) is 0 Å². The van der Waals surface area contributed by atoms with E-state index in [9.17, 15) is 14.8 Å². The van der Waals surface area contributed by atoms with Crippen LogP contribution in [-0.2, 0) is 13.8 Å². The fourth-order valence-electron chi connectivity index (χ4n) is 2.97. The minimum absolute atomic E-state index is 0.163. The summed E-state index contributed by atoms with van der Waals surface area (Å²) in [5.41, 5.74) is 7.69. The summed E-state index contributed by atoms with van der Waals surface area (Å²) in [4.78, 5) is 30.5. The van der Waals surface area contributed by atoms with E-state index in [4.69, 9.17) is 20.3 Å². The number of nitrogen functional groups attached to an aromatic ring is 1. The van der Waals surface area contributed by atoms with E-state index in [1.807, 2.05) is 6.92 Å². The Kier molecular flexibility index (Phi) is 7.15. The van der Waals surface area contributed by atoms with Crippen molar-refractivity contribution in [2.45, 2.75) is 49.5 Å². The predicted octanol–water partition coefficient (Wildman–Crippen LogP) is 0.585. The molecule has 1 saturated heterocycles. The summed E-state index contributed by atoms with van der Waals surface area (Å²) in [6.07, 6.45) is -1.97. The molecule has 0 unspecified atom stereocenters. The van der Waals surface area contributed by atoms with Crippen LogP contribution in [0.25, 0.3) is 11.2 Å². The molecular weight excluding hydrogens is 437 g/mol. The van der Waals surface area contributed by atoms with Crippen molar-refractivity contribution in [3.05, 3.63) is 18.5 Å². The van der Waals surface area contributed by atoms with Gasteiger partial charge < -0.3 is 30.5 Å². The maximum Gasteiger partial charge on any atom is 0.469 e. The van der Waals surface area contributed by atoms with Gasteiger partial charge in [0, 0.05) is 5.75 Å². The van der Waals surface area contributed by atoms with Crippen LogP contribution < -0.4 is 5.73 Å². The summed E-state index contributed by atoms with van der Waals surface area (Å²) < 4.78 is 22.3. The molecule has 0 bridgehead atoms. The molecule has 2 aromatic rings. The SMILES string of the molecule is C=C(C)CCCSc1nc(N)c2ncn([C@@H]3O[C@H](COP(=O)(O)O)[C@@H](O)[C@H]3O)c2n1. The topological polar surface area (TPSA) is 186 Å². The average molecular weight is 461 g/mol. The number of ether oxygens (including phenoxy) is 1. The third-order valence-electron chi connectivity index (χ3n) is 4.43. The van der Waals surface area contributed by atoms with E-state index < -0.39 is 39.0 Å². The minimum atomic E-state index is -4.75. The number of nitrogens with two attached hydrogens (primary N) is 1. The van der Waals surface area contributed by atoms with Gasteiger partial charge in [-0.05, 0) is 19.8 Å². The second-order valence-electron chi connectivity index (χ2n) is 6.96. The normalized spacial score (nSPS) is 24.6. The lowest BCUT2D eigenvalue weighted by molar-refractivity contribution is -0.0504. The standard InChI is InChI=1S/C16H24N5O7PS/c1-8(2)4-3-5-30-16-19-13(17)10-14(20-16)21(7-18-10)15-12(23)11(22)9(28-15)6-27-29(24,25)26/h7,9,11-12,15,22-23H,1,3-6H2,2H3,(H2,17,19,20)(H2,24,25,26)/t9-,11-,12-,15-/m1/s1. The fourth-order valence-corrected chi connectivity index (χ4v) is 4.10. The fraction of sp³-hybridized carbons (Fsp3) is 0.562. The van der Waals surface area contributed by atoms with E-state index in [1.165, 1.54) is 22.7 Å². The quantitative estimate of drug-likeness (QED) is 0.115. The van der Waals surface area contributed by atoms with Crippen molar-refractivity contribution < 1.29 is 33.8 Å². The monoisotopic (exact) mass is 461 g/mol. The van der Waals surface area contributed by atoms with Crippen LogP contribution in [0.4, 0.5) is 5.82 Å². The van der Waals surface area contributed by atoms with E-state index >= 15 is 0 Å². The van der Waals surface area contributed by atoms with Crippen molar-refractivity contribution >= 4 is 36.6 Å². The van der Waals surface area contributed by atoms with Gasteiger partial charge >= 0.3 is 7.82 Å². The summed E-state index contributed by atoms with van der Waals surface area (Å²) >= 11 is 1.42. The lowest BCUT2D eigenvalue weighted by Gasteiger charge is -2.17. The molecule has 6 N–H and O–H groups in total. The van der Waals surface area contributed by atoms with Gasteiger partial charge in [0.25, 0.3) is 0 Å². The Hall–Kier alpha value is -1.57. The average Bonchev–Trinajstić information content (AvgIpc) is 3.19. The van der Waals surface area contributed by atoms with Crippen LogP contribution in [0.1, 0.15) is 26.0 Å². The van der Waals surface area contributed by atoms with Crippen LogP contribution in [0.3, 0.4) is 0 Å². The molecule has 1 aliphatic heterocycles. The Labute approximate surface area is 176 Å². The number of thioether (sulfide) groups is 1. The zero-order valence-corrected chi connectivity index (χ0v) is 17.9. The first-order valence-corrected chi connectivity index (χ1v) is 11.6. The highest BCUT2D eigenvalue weighted by atomic mass is 32.2. The third-order valence-corrected chi connectivity index (χ3v) is 5.84. The lowest BCUT2D eigenvalue weighted by atomic mass is 10.1. The summed E-state index contributed by atoms with van der Waals surface area (Å²) in [5, 5.41) is 21.0. The van der Waals surface area contributed by atoms with Crippen molar-refractivity contribution in [2.24, 2.45) is 0 Å². The summed E-state index contributed by atoms with van der Waals surface area (Å²) in [7, 11) is -4.75. The second kappa shape index (κ2) is 9.28. The number of phosphoric ester groups is 1. The first-order valence-electron chi connectivity index (χ1n) is 9.05. The Bertz CT molecular complexity index is 967.